The van der Waals surface area contributed by atoms with Crippen molar-refractivity contribution in [3.05, 3.63) is 0 Å². The van der Waals surface area contributed by atoms with E-state index >= 15 is 0 Å². The van der Waals surface area contributed by atoms with Crippen molar-refractivity contribution in [3.63, 3.8) is 0 Å². The van der Waals surface area contributed by atoms with E-state index in [9.17, 15) is 9.59 Å². The van der Waals surface area contributed by atoms with Crippen LogP contribution in [0.25, 0.3) is 0 Å². The predicted molar refractivity (Wildman–Crippen MR) is 65.0 cm³/mol. The van der Waals surface area contributed by atoms with Gasteiger partial charge in [0.2, 0.25) is 5.91 Å². The summed E-state index contributed by atoms with van der Waals surface area (Å²) in [6.07, 6.45) is 5.64. The number of carbonyl (C=O) groups is 2. The third-order valence-electron chi connectivity index (χ3n) is 4.29. The van der Waals surface area contributed by atoms with Crippen LogP contribution in [-0.2, 0) is 9.59 Å². The van der Waals surface area contributed by atoms with Crippen molar-refractivity contribution in [2.45, 2.75) is 56.9 Å². The molecule has 0 aromatic heterocycles. The molecule has 0 bridgehead atoms. The first-order valence-corrected chi connectivity index (χ1v) is 6.63. The summed E-state index contributed by atoms with van der Waals surface area (Å²) >= 11 is 0. The smallest absolute Gasteiger partial charge is 0.303 e. The molecular weight excluding hydrogens is 234 g/mol. The molecule has 2 aliphatic rings. The van der Waals surface area contributed by atoms with Gasteiger partial charge in [-0.05, 0) is 31.1 Å². The van der Waals surface area contributed by atoms with Crippen molar-refractivity contribution in [2.75, 3.05) is 6.61 Å². The van der Waals surface area contributed by atoms with Gasteiger partial charge in [0.15, 0.2) is 0 Å². The number of aliphatic hydroxyl groups excluding tert-OH is 1. The van der Waals surface area contributed by atoms with Gasteiger partial charge < -0.3 is 15.5 Å². The quantitative estimate of drug-likeness (QED) is 0.662. The Morgan fingerprint density at radius 2 is 1.67 bits per heavy atom. The van der Waals surface area contributed by atoms with Gasteiger partial charge in [0.1, 0.15) is 0 Å². The molecule has 0 aromatic rings. The molecule has 5 nitrogen and oxygen atoms in total. The van der Waals surface area contributed by atoms with E-state index in [1.165, 1.54) is 0 Å². The molecule has 2 fully saturated rings. The van der Waals surface area contributed by atoms with Crippen molar-refractivity contribution in [3.8, 4) is 0 Å². The average Bonchev–Trinajstić information content (AvgIpc) is 2.91. The molecule has 0 radical (unpaired) electrons. The van der Waals surface area contributed by atoms with Gasteiger partial charge in [-0.15, -0.1) is 0 Å². The van der Waals surface area contributed by atoms with Crippen LogP contribution in [-0.4, -0.2) is 34.2 Å². The van der Waals surface area contributed by atoms with Crippen LogP contribution in [0.4, 0.5) is 0 Å². The minimum atomic E-state index is -0.826. The summed E-state index contributed by atoms with van der Waals surface area (Å²) in [6, 6.07) is 0. The Bertz CT molecular complexity index is 343. The third-order valence-corrected chi connectivity index (χ3v) is 4.29. The van der Waals surface area contributed by atoms with Crippen molar-refractivity contribution >= 4 is 11.9 Å². The lowest BCUT2D eigenvalue weighted by Crippen LogP contribution is -2.42. The maximum absolute atomic E-state index is 12.0. The Kier molecular flexibility index (Phi) is 3.61. The summed E-state index contributed by atoms with van der Waals surface area (Å²) in [4.78, 5) is 22.9. The first kappa shape index (κ1) is 13.3. The van der Waals surface area contributed by atoms with Crippen molar-refractivity contribution in [1.29, 1.82) is 0 Å². The van der Waals surface area contributed by atoms with Crippen LogP contribution >= 0.6 is 0 Å². The fourth-order valence-electron chi connectivity index (χ4n) is 3.02. The van der Waals surface area contributed by atoms with E-state index in [4.69, 9.17) is 10.2 Å². The summed E-state index contributed by atoms with van der Waals surface area (Å²) in [5, 5.41) is 21.0. The summed E-state index contributed by atoms with van der Waals surface area (Å²) in [5.74, 6) is -0.933. The molecule has 5 heteroatoms. The first-order chi connectivity index (χ1) is 8.49. The van der Waals surface area contributed by atoms with E-state index in [0.29, 0.717) is 0 Å². The number of carboxylic acids is 1. The van der Waals surface area contributed by atoms with Crippen molar-refractivity contribution < 1.29 is 19.8 Å². The van der Waals surface area contributed by atoms with E-state index in [1.54, 1.807) is 0 Å². The Morgan fingerprint density at radius 3 is 2.11 bits per heavy atom. The molecular formula is C13H21NO4. The number of hydrogen-bond acceptors (Lipinski definition) is 3. The number of carbonyl (C=O) groups excluding carboxylic acids is 1. The first-order valence-electron chi connectivity index (χ1n) is 6.63. The lowest BCUT2D eigenvalue weighted by molar-refractivity contribution is -0.140. The number of nitrogens with one attached hydrogen (secondary N) is 1. The monoisotopic (exact) mass is 255 g/mol. The molecule has 0 aliphatic heterocycles. The summed E-state index contributed by atoms with van der Waals surface area (Å²) in [6.45, 7) is -0.0231. The Morgan fingerprint density at radius 1 is 1.06 bits per heavy atom. The van der Waals surface area contributed by atoms with E-state index in [-0.39, 0.29) is 30.8 Å². The number of hydrogen-bond donors (Lipinski definition) is 3. The second-order valence-corrected chi connectivity index (χ2v) is 5.94. The van der Waals surface area contributed by atoms with Crippen molar-refractivity contribution in [2.24, 2.45) is 5.41 Å². The maximum Gasteiger partial charge on any atom is 0.303 e. The fourth-order valence-corrected chi connectivity index (χ4v) is 3.02. The molecule has 0 spiro atoms. The molecule has 2 aliphatic carbocycles. The fraction of sp³-hybridized carbons (Fsp3) is 0.846. The minimum absolute atomic E-state index is 0.0231. The lowest BCUT2D eigenvalue weighted by Gasteiger charge is -2.27. The van der Waals surface area contributed by atoms with E-state index < -0.39 is 11.5 Å². The topological polar surface area (TPSA) is 86.6 Å². The highest BCUT2D eigenvalue weighted by Gasteiger charge is 2.45. The average molecular weight is 255 g/mol. The molecule has 0 atom stereocenters. The highest BCUT2D eigenvalue weighted by atomic mass is 16.4. The van der Waals surface area contributed by atoms with Crippen LogP contribution in [0.2, 0.25) is 0 Å². The highest BCUT2D eigenvalue weighted by molar-refractivity contribution is 5.79. The lowest BCUT2D eigenvalue weighted by atomic mass is 9.79. The van der Waals surface area contributed by atoms with Crippen LogP contribution in [0, 0.1) is 5.41 Å². The molecule has 0 saturated heterocycles. The molecule has 2 saturated carbocycles. The zero-order chi connectivity index (χ0) is 13.2. The van der Waals surface area contributed by atoms with Crippen LogP contribution < -0.4 is 5.32 Å². The standard InChI is InChI=1S/C13H21NO4/c15-9-13(5-6-13)14-10(16)7-12(8-11(17)18)3-1-2-4-12/h15H,1-9H2,(H,14,16)(H,17,18). The summed E-state index contributed by atoms with van der Waals surface area (Å²) < 4.78 is 0. The van der Waals surface area contributed by atoms with Gasteiger partial charge in [0.05, 0.1) is 18.6 Å². The molecule has 18 heavy (non-hydrogen) atoms. The zero-order valence-electron chi connectivity index (χ0n) is 10.6. The normalized spacial score (nSPS) is 23.6. The molecule has 102 valence electrons. The summed E-state index contributed by atoms with van der Waals surface area (Å²) in [7, 11) is 0. The SMILES string of the molecule is O=C(O)CC1(CC(=O)NC2(CO)CC2)CCCC1. The van der Waals surface area contributed by atoms with Gasteiger partial charge in [-0.3, -0.25) is 9.59 Å². The number of amides is 1. The number of carboxylic acid groups (broad SMARTS) is 1. The van der Waals surface area contributed by atoms with Gasteiger partial charge in [0.25, 0.3) is 0 Å². The second-order valence-electron chi connectivity index (χ2n) is 5.94. The zero-order valence-corrected chi connectivity index (χ0v) is 10.6. The Hall–Kier alpha value is -1.10. The Balaban J connectivity index is 1.92. The van der Waals surface area contributed by atoms with Crippen molar-refractivity contribution in [1.82, 2.24) is 5.32 Å². The number of aliphatic hydroxyl groups is 1. The number of rotatable bonds is 6. The van der Waals surface area contributed by atoms with Crippen LogP contribution in [0.3, 0.4) is 0 Å². The van der Waals surface area contributed by atoms with Gasteiger partial charge in [-0.25, -0.2) is 0 Å². The highest BCUT2D eigenvalue weighted by Crippen LogP contribution is 2.44. The van der Waals surface area contributed by atoms with Crippen LogP contribution in [0.5, 0.6) is 0 Å². The number of aliphatic carboxylic acids is 1. The van der Waals surface area contributed by atoms with Crippen LogP contribution in [0.1, 0.15) is 51.4 Å². The second kappa shape index (κ2) is 4.88. The molecule has 2 rings (SSSR count). The van der Waals surface area contributed by atoms with E-state index in [2.05, 4.69) is 5.32 Å². The van der Waals surface area contributed by atoms with Gasteiger partial charge >= 0.3 is 5.97 Å². The predicted octanol–water partition coefficient (Wildman–Crippen LogP) is 1.05. The maximum atomic E-state index is 12.0. The summed E-state index contributed by atoms with van der Waals surface area (Å²) in [5.41, 5.74) is -0.762. The molecule has 0 unspecified atom stereocenters. The van der Waals surface area contributed by atoms with E-state index in [1.807, 2.05) is 0 Å². The van der Waals surface area contributed by atoms with E-state index in [0.717, 1.165) is 38.5 Å². The van der Waals surface area contributed by atoms with Gasteiger partial charge in [-0.2, -0.15) is 0 Å². The molecule has 0 heterocycles. The van der Waals surface area contributed by atoms with Gasteiger partial charge in [0, 0.05) is 6.42 Å². The Labute approximate surface area is 107 Å². The molecule has 3 N–H and O–H groups in total. The molecule has 0 aromatic carbocycles. The largest absolute Gasteiger partial charge is 0.481 e. The third kappa shape index (κ3) is 3.02. The van der Waals surface area contributed by atoms with Gasteiger partial charge in [-0.1, -0.05) is 12.8 Å². The van der Waals surface area contributed by atoms with Crippen LogP contribution in [0.15, 0.2) is 0 Å². The molecule has 1 amide bonds. The minimum Gasteiger partial charge on any atom is -0.481 e.